The Bertz CT molecular complexity index is 476. The fourth-order valence-electron chi connectivity index (χ4n) is 1.65. The topological polar surface area (TPSA) is 105 Å². The number of amides is 1. The highest BCUT2D eigenvalue weighted by Gasteiger charge is 2.19. The predicted molar refractivity (Wildman–Crippen MR) is 74.3 cm³/mol. The van der Waals surface area contributed by atoms with Crippen molar-refractivity contribution in [1.29, 1.82) is 0 Å². The molecule has 116 valence electrons. The standard InChI is InChI=1S/C14H19NO6/c1-20-8-4-5-10(14(18)19)15-13(17)9-21-12-7-3-2-6-11(12)16/h2-3,6-7,10,16H,4-5,8-9H2,1H3,(H,15,17)(H,18,19). The monoisotopic (exact) mass is 297 g/mol. The first-order valence-electron chi connectivity index (χ1n) is 6.46. The van der Waals surface area contributed by atoms with Gasteiger partial charge in [-0.05, 0) is 25.0 Å². The molecule has 0 aliphatic heterocycles. The lowest BCUT2D eigenvalue weighted by atomic mass is 10.1. The Kier molecular flexibility index (Phi) is 7.03. The molecule has 1 aromatic carbocycles. The fourth-order valence-corrected chi connectivity index (χ4v) is 1.65. The smallest absolute Gasteiger partial charge is 0.326 e. The molecule has 0 fully saturated rings. The van der Waals surface area contributed by atoms with Crippen LogP contribution in [-0.4, -0.2) is 48.5 Å². The fraction of sp³-hybridized carbons (Fsp3) is 0.429. The van der Waals surface area contributed by atoms with Crippen LogP contribution >= 0.6 is 0 Å². The molecule has 0 heterocycles. The van der Waals surface area contributed by atoms with E-state index in [0.717, 1.165) is 0 Å². The van der Waals surface area contributed by atoms with Crippen molar-refractivity contribution in [3.05, 3.63) is 24.3 Å². The van der Waals surface area contributed by atoms with Crippen LogP contribution in [0.3, 0.4) is 0 Å². The van der Waals surface area contributed by atoms with Crippen LogP contribution in [0.1, 0.15) is 12.8 Å². The Hall–Kier alpha value is -2.28. The third-order valence-corrected chi connectivity index (χ3v) is 2.70. The summed E-state index contributed by atoms with van der Waals surface area (Å²) in [5.74, 6) is -1.59. The van der Waals surface area contributed by atoms with Gasteiger partial charge in [0.05, 0.1) is 0 Å². The summed E-state index contributed by atoms with van der Waals surface area (Å²) in [6.45, 7) is 0.0552. The molecule has 0 aromatic heterocycles. The number of carbonyl (C=O) groups is 2. The molecule has 0 saturated heterocycles. The zero-order valence-electron chi connectivity index (χ0n) is 11.7. The summed E-state index contributed by atoms with van der Waals surface area (Å²) < 4.78 is 9.96. The largest absolute Gasteiger partial charge is 0.504 e. The number of ether oxygens (including phenoxy) is 2. The number of hydrogen-bond donors (Lipinski definition) is 3. The summed E-state index contributed by atoms with van der Waals surface area (Å²) in [5.41, 5.74) is 0. The molecule has 1 aromatic rings. The van der Waals surface area contributed by atoms with Crippen LogP contribution in [0, 0.1) is 0 Å². The molecule has 1 rings (SSSR count). The molecule has 1 atom stereocenters. The van der Waals surface area contributed by atoms with Crippen molar-refractivity contribution < 1.29 is 29.3 Å². The van der Waals surface area contributed by atoms with E-state index < -0.39 is 17.9 Å². The van der Waals surface area contributed by atoms with Gasteiger partial charge in [-0.3, -0.25) is 4.79 Å². The number of benzene rings is 1. The molecular weight excluding hydrogens is 278 g/mol. The lowest BCUT2D eigenvalue weighted by molar-refractivity contribution is -0.142. The van der Waals surface area contributed by atoms with Gasteiger partial charge in [0.2, 0.25) is 0 Å². The summed E-state index contributed by atoms with van der Waals surface area (Å²) in [6.07, 6.45) is 0.791. The molecule has 3 N–H and O–H groups in total. The van der Waals surface area contributed by atoms with E-state index in [-0.39, 0.29) is 24.5 Å². The summed E-state index contributed by atoms with van der Waals surface area (Å²) in [4.78, 5) is 22.7. The first kappa shape index (κ1) is 16.8. The number of hydrogen-bond acceptors (Lipinski definition) is 5. The molecule has 0 spiro atoms. The highest BCUT2D eigenvalue weighted by Crippen LogP contribution is 2.23. The maximum absolute atomic E-state index is 11.7. The minimum Gasteiger partial charge on any atom is -0.504 e. The number of methoxy groups -OCH3 is 1. The second-order valence-electron chi connectivity index (χ2n) is 4.35. The number of rotatable bonds is 9. The Balaban J connectivity index is 2.43. The third kappa shape index (κ3) is 6.13. The van der Waals surface area contributed by atoms with Crippen molar-refractivity contribution >= 4 is 11.9 Å². The first-order chi connectivity index (χ1) is 10.0. The Morgan fingerprint density at radius 1 is 1.33 bits per heavy atom. The van der Waals surface area contributed by atoms with Gasteiger partial charge in [0.25, 0.3) is 5.91 Å². The number of aliphatic carboxylic acids is 1. The van der Waals surface area contributed by atoms with Gasteiger partial charge < -0.3 is 25.0 Å². The molecular formula is C14H19NO6. The Labute approximate surface area is 122 Å². The number of phenolic OH excluding ortho intramolecular Hbond substituents is 1. The molecule has 0 radical (unpaired) electrons. The van der Waals surface area contributed by atoms with Gasteiger partial charge in [0.1, 0.15) is 6.04 Å². The van der Waals surface area contributed by atoms with Crippen molar-refractivity contribution in [1.82, 2.24) is 5.32 Å². The summed E-state index contributed by atoms with van der Waals surface area (Å²) in [5, 5.41) is 20.9. The number of phenols is 1. The lowest BCUT2D eigenvalue weighted by Crippen LogP contribution is -2.43. The number of carbonyl (C=O) groups excluding carboxylic acids is 1. The van der Waals surface area contributed by atoms with Crippen LogP contribution in [0.4, 0.5) is 0 Å². The van der Waals surface area contributed by atoms with Gasteiger partial charge >= 0.3 is 5.97 Å². The number of aromatic hydroxyl groups is 1. The van der Waals surface area contributed by atoms with Crippen molar-refractivity contribution in [3.63, 3.8) is 0 Å². The lowest BCUT2D eigenvalue weighted by Gasteiger charge is -2.14. The van der Waals surface area contributed by atoms with Gasteiger partial charge in [-0.25, -0.2) is 4.79 Å². The van der Waals surface area contributed by atoms with E-state index in [0.29, 0.717) is 13.0 Å². The second-order valence-corrected chi connectivity index (χ2v) is 4.35. The third-order valence-electron chi connectivity index (χ3n) is 2.70. The summed E-state index contributed by atoms with van der Waals surface area (Å²) >= 11 is 0. The molecule has 1 unspecified atom stereocenters. The Morgan fingerprint density at radius 3 is 2.67 bits per heavy atom. The van der Waals surface area contributed by atoms with E-state index in [1.54, 1.807) is 12.1 Å². The highest BCUT2D eigenvalue weighted by atomic mass is 16.5. The maximum Gasteiger partial charge on any atom is 0.326 e. The van der Waals surface area contributed by atoms with Crippen LogP contribution < -0.4 is 10.1 Å². The number of nitrogens with one attached hydrogen (secondary N) is 1. The minimum atomic E-state index is -1.11. The zero-order valence-corrected chi connectivity index (χ0v) is 11.7. The van der Waals surface area contributed by atoms with Gasteiger partial charge in [-0.2, -0.15) is 0 Å². The van der Waals surface area contributed by atoms with E-state index >= 15 is 0 Å². The number of carboxylic acid groups (broad SMARTS) is 1. The summed E-state index contributed by atoms with van der Waals surface area (Å²) in [7, 11) is 1.52. The quantitative estimate of drug-likeness (QED) is 0.581. The zero-order chi connectivity index (χ0) is 15.7. The van der Waals surface area contributed by atoms with Crippen LogP contribution in [-0.2, 0) is 14.3 Å². The van der Waals surface area contributed by atoms with Crippen LogP contribution in [0.25, 0.3) is 0 Å². The molecule has 7 heteroatoms. The van der Waals surface area contributed by atoms with Gasteiger partial charge in [-0.15, -0.1) is 0 Å². The van der Waals surface area contributed by atoms with E-state index in [1.165, 1.54) is 19.2 Å². The molecule has 0 saturated carbocycles. The van der Waals surface area contributed by atoms with E-state index in [1.807, 2.05) is 0 Å². The van der Waals surface area contributed by atoms with Crippen LogP contribution in [0.5, 0.6) is 11.5 Å². The average molecular weight is 297 g/mol. The van der Waals surface area contributed by atoms with Crippen molar-refractivity contribution in [2.75, 3.05) is 20.3 Å². The molecule has 7 nitrogen and oxygen atoms in total. The van der Waals surface area contributed by atoms with Crippen molar-refractivity contribution in [2.45, 2.75) is 18.9 Å². The molecule has 21 heavy (non-hydrogen) atoms. The van der Waals surface area contributed by atoms with Gasteiger partial charge in [-0.1, -0.05) is 12.1 Å². The van der Waals surface area contributed by atoms with Gasteiger partial charge in [0, 0.05) is 13.7 Å². The van der Waals surface area contributed by atoms with Crippen molar-refractivity contribution in [2.24, 2.45) is 0 Å². The number of carboxylic acids is 1. The summed E-state index contributed by atoms with van der Waals surface area (Å²) in [6, 6.07) is 5.23. The SMILES string of the molecule is COCCCC(NC(=O)COc1ccccc1O)C(=O)O. The molecule has 0 bridgehead atoms. The number of para-hydroxylation sites is 2. The van der Waals surface area contributed by atoms with Crippen LogP contribution in [0.15, 0.2) is 24.3 Å². The highest BCUT2D eigenvalue weighted by molar-refractivity contribution is 5.84. The minimum absolute atomic E-state index is 0.0832. The van der Waals surface area contributed by atoms with E-state index in [9.17, 15) is 14.7 Å². The Morgan fingerprint density at radius 2 is 2.05 bits per heavy atom. The average Bonchev–Trinajstić information content (AvgIpc) is 2.45. The van der Waals surface area contributed by atoms with E-state index in [2.05, 4.69) is 5.32 Å². The normalized spacial score (nSPS) is 11.7. The first-order valence-corrected chi connectivity index (χ1v) is 6.46. The maximum atomic E-state index is 11.7. The predicted octanol–water partition coefficient (Wildman–Crippen LogP) is 0.767. The van der Waals surface area contributed by atoms with Crippen molar-refractivity contribution in [3.8, 4) is 11.5 Å². The van der Waals surface area contributed by atoms with E-state index in [4.69, 9.17) is 14.6 Å². The molecule has 0 aliphatic carbocycles. The van der Waals surface area contributed by atoms with Gasteiger partial charge in [0.15, 0.2) is 18.1 Å². The van der Waals surface area contributed by atoms with Crippen LogP contribution in [0.2, 0.25) is 0 Å². The molecule has 0 aliphatic rings. The second kappa shape index (κ2) is 8.80. The molecule has 1 amide bonds.